The maximum atomic E-state index is 5.29. The van der Waals surface area contributed by atoms with Crippen molar-refractivity contribution in [2.24, 2.45) is 5.92 Å². The molecule has 0 amide bonds. The Kier molecular flexibility index (Phi) is 6.15. The first-order valence-electron chi connectivity index (χ1n) is 7.82. The summed E-state index contributed by atoms with van der Waals surface area (Å²) in [5.74, 6) is 0.524. The molecule has 0 aliphatic heterocycles. The molecule has 0 aliphatic carbocycles. The van der Waals surface area contributed by atoms with Crippen LogP contribution in [0.2, 0.25) is 0 Å². The van der Waals surface area contributed by atoms with E-state index in [0.29, 0.717) is 12.0 Å². The fourth-order valence-corrected chi connectivity index (χ4v) is 2.82. The highest BCUT2D eigenvalue weighted by atomic mass is 16.5. The summed E-state index contributed by atoms with van der Waals surface area (Å²) in [5.41, 5.74) is 2.41. The molecular formula is C18H26N2O. The monoisotopic (exact) mass is 286 g/mol. The summed E-state index contributed by atoms with van der Waals surface area (Å²) in [7, 11) is 1.77. The lowest BCUT2D eigenvalue weighted by atomic mass is 9.93. The number of hydrogen-bond donors (Lipinski definition) is 1. The number of methoxy groups -OCH3 is 1. The molecule has 0 saturated carbocycles. The van der Waals surface area contributed by atoms with Gasteiger partial charge in [-0.15, -0.1) is 0 Å². The molecule has 0 spiro atoms. The van der Waals surface area contributed by atoms with Gasteiger partial charge in [0, 0.05) is 31.3 Å². The van der Waals surface area contributed by atoms with Crippen LogP contribution in [-0.2, 0) is 4.74 Å². The molecule has 2 atom stereocenters. The van der Waals surface area contributed by atoms with Gasteiger partial charge in [-0.05, 0) is 43.0 Å². The van der Waals surface area contributed by atoms with Gasteiger partial charge < -0.3 is 10.1 Å². The number of fused-ring (bicyclic) bond motifs is 1. The molecule has 1 heterocycles. The third kappa shape index (κ3) is 4.26. The van der Waals surface area contributed by atoms with E-state index in [0.717, 1.165) is 31.5 Å². The van der Waals surface area contributed by atoms with Crippen molar-refractivity contribution in [2.45, 2.75) is 32.7 Å². The molecule has 0 saturated heterocycles. The van der Waals surface area contributed by atoms with Crippen molar-refractivity contribution in [1.29, 1.82) is 0 Å². The maximum absolute atomic E-state index is 5.29. The highest BCUT2D eigenvalue weighted by molar-refractivity contribution is 5.82. The van der Waals surface area contributed by atoms with Gasteiger partial charge in [-0.2, -0.15) is 0 Å². The van der Waals surface area contributed by atoms with Crippen LogP contribution in [0.25, 0.3) is 10.9 Å². The molecule has 21 heavy (non-hydrogen) atoms. The second-order valence-corrected chi connectivity index (χ2v) is 5.72. The molecule has 0 fully saturated rings. The first kappa shape index (κ1) is 15.9. The van der Waals surface area contributed by atoms with Gasteiger partial charge in [-0.3, -0.25) is 4.98 Å². The van der Waals surface area contributed by atoms with Crippen LogP contribution in [0.3, 0.4) is 0 Å². The zero-order valence-electron chi connectivity index (χ0n) is 13.3. The van der Waals surface area contributed by atoms with Crippen LogP contribution < -0.4 is 5.32 Å². The maximum Gasteiger partial charge on any atom is 0.0705 e. The highest BCUT2D eigenvalue weighted by Gasteiger charge is 2.17. The Bertz CT molecular complexity index is 550. The van der Waals surface area contributed by atoms with Crippen LogP contribution in [0.5, 0.6) is 0 Å². The topological polar surface area (TPSA) is 34.1 Å². The minimum absolute atomic E-state index is 0.350. The van der Waals surface area contributed by atoms with Crippen LogP contribution in [0.4, 0.5) is 0 Å². The van der Waals surface area contributed by atoms with Crippen LogP contribution in [-0.4, -0.2) is 25.2 Å². The number of hydrogen-bond acceptors (Lipinski definition) is 3. The Morgan fingerprint density at radius 3 is 2.86 bits per heavy atom. The van der Waals surface area contributed by atoms with Crippen molar-refractivity contribution < 1.29 is 4.74 Å². The summed E-state index contributed by atoms with van der Waals surface area (Å²) in [5, 5.41) is 4.93. The minimum Gasteiger partial charge on any atom is -0.384 e. The molecule has 2 rings (SSSR count). The third-order valence-electron chi connectivity index (χ3n) is 3.78. The summed E-state index contributed by atoms with van der Waals surface area (Å²) in [6.45, 7) is 6.27. The van der Waals surface area contributed by atoms with Gasteiger partial charge in [-0.25, -0.2) is 0 Å². The van der Waals surface area contributed by atoms with E-state index in [1.54, 1.807) is 7.11 Å². The predicted octanol–water partition coefficient (Wildman–Crippen LogP) is 3.95. The first-order valence-corrected chi connectivity index (χ1v) is 7.82. The van der Waals surface area contributed by atoms with Crippen LogP contribution >= 0.6 is 0 Å². The lowest BCUT2D eigenvalue weighted by Crippen LogP contribution is -2.25. The molecule has 1 aromatic heterocycles. The molecule has 2 unspecified atom stereocenters. The zero-order chi connectivity index (χ0) is 15.1. The first-order chi connectivity index (χ1) is 10.3. The van der Waals surface area contributed by atoms with Gasteiger partial charge >= 0.3 is 0 Å². The Morgan fingerprint density at radius 2 is 2.10 bits per heavy atom. The Balaban J connectivity index is 2.29. The van der Waals surface area contributed by atoms with Gasteiger partial charge in [0.15, 0.2) is 0 Å². The second kappa shape index (κ2) is 8.11. The second-order valence-electron chi connectivity index (χ2n) is 5.72. The number of pyridine rings is 1. The summed E-state index contributed by atoms with van der Waals surface area (Å²) in [6.07, 6.45) is 4.06. The van der Waals surface area contributed by atoms with E-state index in [1.807, 2.05) is 12.3 Å². The lowest BCUT2D eigenvalue weighted by Gasteiger charge is -2.23. The summed E-state index contributed by atoms with van der Waals surface area (Å²) < 4.78 is 5.29. The molecule has 0 aliphatic rings. The highest BCUT2D eigenvalue weighted by Crippen LogP contribution is 2.27. The summed E-state index contributed by atoms with van der Waals surface area (Å²) in [6, 6.07) is 10.9. The van der Waals surface area contributed by atoms with Gasteiger partial charge in [0.25, 0.3) is 0 Å². The largest absolute Gasteiger partial charge is 0.384 e. The normalized spacial score (nSPS) is 14.2. The van der Waals surface area contributed by atoms with E-state index in [4.69, 9.17) is 4.74 Å². The average Bonchev–Trinajstić information content (AvgIpc) is 2.51. The molecule has 114 valence electrons. The lowest BCUT2D eigenvalue weighted by molar-refractivity contribution is 0.149. The van der Waals surface area contributed by atoms with Crippen molar-refractivity contribution >= 4 is 10.9 Å². The minimum atomic E-state index is 0.350. The van der Waals surface area contributed by atoms with E-state index in [9.17, 15) is 0 Å². The fraction of sp³-hybridized carbons (Fsp3) is 0.500. The number of ether oxygens (including phenoxy) is 1. The number of aromatic nitrogens is 1. The van der Waals surface area contributed by atoms with E-state index in [-0.39, 0.29) is 0 Å². The Hall–Kier alpha value is -1.45. The van der Waals surface area contributed by atoms with Gasteiger partial charge in [0.2, 0.25) is 0 Å². The number of nitrogens with one attached hydrogen (secondary N) is 1. The van der Waals surface area contributed by atoms with E-state index in [2.05, 4.69) is 48.4 Å². The Labute approximate surface area is 127 Å². The Morgan fingerprint density at radius 1 is 1.24 bits per heavy atom. The van der Waals surface area contributed by atoms with Crippen molar-refractivity contribution in [1.82, 2.24) is 10.3 Å². The number of rotatable bonds is 8. The zero-order valence-corrected chi connectivity index (χ0v) is 13.3. The van der Waals surface area contributed by atoms with Crippen LogP contribution in [0.1, 0.15) is 38.3 Å². The quantitative estimate of drug-likeness (QED) is 0.798. The molecule has 0 radical (unpaired) electrons. The van der Waals surface area contributed by atoms with Crippen molar-refractivity contribution in [2.75, 3.05) is 20.3 Å². The van der Waals surface area contributed by atoms with Crippen molar-refractivity contribution in [3.8, 4) is 0 Å². The summed E-state index contributed by atoms with van der Waals surface area (Å²) in [4.78, 5) is 4.47. The third-order valence-corrected chi connectivity index (χ3v) is 3.78. The standard InChI is InChI=1S/C18H26N2O/c1-4-10-19-18(12-14(2)13-21-3)16-7-5-9-17-15(16)8-6-11-20-17/h5-9,11,14,18-19H,4,10,12-13H2,1-3H3. The van der Waals surface area contributed by atoms with Gasteiger partial charge in [-0.1, -0.05) is 32.0 Å². The van der Waals surface area contributed by atoms with E-state index in [1.165, 1.54) is 10.9 Å². The van der Waals surface area contributed by atoms with E-state index < -0.39 is 0 Å². The smallest absolute Gasteiger partial charge is 0.0705 e. The van der Waals surface area contributed by atoms with Crippen LogP contribution in [0, 0.1) is 5.92 Å². The fourth-order valence-electron chi connectivity index (χ4n) is 2.82. The molecule has 1 aromatic carbocycles. The molecular weight excluding hydrogens is 260 g/mol. The van der Waals surface area contributed by atoms with E-state index >= 15 is 0 Å². The average molecular weight is 286 g/mol. The predicted molar refractivity (Wildman–Crippen MR) is 88.4 cm³/mol. The van der Waals surface area contributed by atoms with Crippen molar-refractivity contribution in [3.05, 3.63) is 42.1 Å². The van der Waals surface area contributed by atoms with Gasteiger partial charge in [0.1, 0.15) is 0 Å². The molecule has 3 heteroatoms. The van der Waals surface area contributed by atoms with Crippen molar-refractivity contribution in [3.63, 3.8) is 0 Å². The SMILES string of the molecule is CCCNC(CC(C)COC)c1cccc2ncccc12. The molecule has 0 bridgehead atoms. The molecule has 1 N–H and O–H groups in total. The van der Waals surface area contributed by atoms with Gasteiger partial charge in [0.05, 0.1) is 5.52 Å². The molecule has 3 nitrogen and oxygen atoms in total. The van der Waals surface area contributed by atoms with Crippen LogP contribution in [0.15, 0.2) is 36.5 Å². The number of benzene rings is 1. The molecule has 2 aromatic rings. The number of nitrogens with zero attached hydrogens (tertiary/aromatic N) is 1. The summed E-state index contributed by atoms with van der Waals surface area (Å²) >= 11 is 0.